The van der Waals surface area contributed by atoms with E-state index in [9.17, 15) is 14.4 Å². The van der Waals surface area contributed by atoms with Gasteiger partial charge in [0.25, 0.3) is 11.8 Å². The molecule has 2 N–H and O–H groups in total. The van der Waals surface area contributed by atoms with E-state index in [1.165, 1.54) is 30.9 Å². The minimum Gasteiger partial charge on any atom is -0.465 e. The number of rotatable bonds is 5. The van der Waals surface area contributed by atoms with Gasteiger partial charge in [0, 0.05) is 22.3 Å². The standard InChI is InChI=1S/C28H26N4O5/c1-28(2,3)22-14-12-19(13-15-22)26-32-31-25(37-26)18-10-8-17(9-11-18)23(33)29-30-24(34)20-6-5-7-21(16-20)27(35)36-4/h5-16H,1-4H3,(H,29,33)(H,30,34). The van der Waals surface area contributed by atoms with Gasteiger partial charge in [-0.05, 0) is 65.6 Å². The smallest absolute Gasteiger partial charge is 0.337 e. The third kappa shape index (κ3) is 5.90. The highest BCUT2D eigenvalue weighted by Gasteiger charge is 2.16. The minimum absolute atomic E-state index is 0.0466. The van der Waals surface area contributed by atoms with Crippen molar-refractivity contribution < 1.29 is 23.5 Å². The van der Waals surface area contributed by atoms with Gasteiger partial charge in [0.05, 0.1) is 12.7 Å². The third-order valence-electron chi connectivity index (χ3n) is 5.65. The number of methoxy groups -OCH3 is 1. The Morgan fingerprint density at radius 2 is 1.24 bits per heavy atom. The molecule has 0 aliphatic heterocycles. The Bertz CT molecular complexity index is 1430. The molecule has 0 spiro atoms. The lowest BCUT2D eigenvalue weighted by Crippen LogP contribution is -2.41. The quantitative estimate of drug-likeness (QED) is 0.305. The lowest BCUT2D eigenvalue weighted by Gasteiger charge is -2.18. The summed E-state index contributed by atoms with van der Waals surface area (Å²) in [5, 5.41) is 8.26. The molecule has 3 aromatic carbocycles. The molecule has 0 aliphatic rings. The molecule has 2 amide bonds. The molecule has 0 saturated carbocycles. The van der Waals surface area contributed by atoms with Gasteiger partial charge in [-0.3, -0.25) is 20.4 Å². The Morgan fingerprint density at radius 3 is 1.78 bits per heavy atom. The zero-order valence-corrected chi connectivity index (χ0v) is 20.9. The van der Waals surface area contributed by atoms with Gasteiger partial charge in [-0.1, -0.05) is 39.0 Å². The number of benzene rings is 3. The largest absolute Gasteiger partial charge is 0.465 e. The van der Waals surface area contributed by atoms with Crippen LogP contribution >= 0.6 is 0 Å². The number of aromatic nitrogens is 2. The summed E-state index contributed by atoms with van der Waals surface area (Å²) < 4.78 is 10.5. The predicted octanol–water partition coefficient (Wildman–Crippen LogP) is 4.56. The van der Waals surface area contributed by atoms with E-state index in [2.05, 4.69) is 46.6 Å². The number of nitrogens with one attached hydrogen (secondary N) is 2. The predicted molar refractivity (Wildman–Crippen MR) is 137 cm³/mol. The molecule has 37 heavy (non-hydrogen) atoms. The number of carbonyl (C=O) groups excluding carboxylic acids is 3. The average molecular weight is 499 g/mol. The highest BCUT2D eigenvalue weighted by atomic mass is 16.5. The number of hydrogen-bond acceptors (Lipinski definition) is 7. The summed E-state index contributed by atoms with van der Waals surface area (Å²) in [6.45, 7) is 6.45. The molecule has 1 heterocycles. The third-order valence-corrected chi connectivity index (χ3v) is 5.65. The molecule has 188 valence electrons. The van der Waals surface area contributed by atoms with Crippen molar-refractivity contribution in [1.29, 1.82) is 0 Å². The minimum atomic E-state index is -0.579. The maximum absolute atomic E-state index is 12.5. The van der Waals surface area contributed by atoms with Crippen LogP contribution in [0.2, 0.25) is 0 Å². The van der Waals surface area contributed by atoms with E-state index in [0.717, 1.165) is 5.56 Å². The van der Waals surface area contributed by atoms with Crippen LogP contribution in [0.25, 0.3) is 22.9 Å². The van der Waals surface area contributed by atoms with Crippen LogP contribution in [0, 0.1) is 0 Å². The first-order valence-electron chi connectivity index (χ1n) is 11.5. The lowest BCUT2D eigenvalue weighted by atomic mass is 9.87. The van der Waals surface area contributed by atoms with E-state index < -0.39 is 17.8 Å². The van der Waals surface area contributed by atoms with Gasteiger partial charge in [0.1, 0.15) is 0 Å². The summed E-state index contributed by atoms with van der Waals surface area (Å²) in [4.78, 5) is 36.5. The number of hydrogen-bond donors (Lipinski definition) is 2. The van der Waals surface area contributed by atoms with Crippen LogP contribution in [0.4, 0.5) is 0 Å². The zero-order valence-electron chi connectivity index (χ0n) is 20.9. The van der Waals surface area contributed by atoms with Crippen LogP contribution in [-0.4, -0.2) is 35.1 Å². The normalized spacial score (nSPS) is 11.0. The van der Waals surface area contributed by atoms with Crippen LogP contribution in [0.5, 0.6) is 0 Å². The van der Waals surface area contributed by atoms with Gasteiger partial charge in [-0.2, -0.15) is 0 Å². The zero-order chi connectivity index (χ0) is 26.6. The van der Waals surface area contributed by atoms with E-state index in [1.54, 1.807) is 30.3 Å². The van der Waals surface area contributed by atoms with Gasteiger partial charge < -0.3 is 9.15 Å². The van der Waals surface area contributed by atoms with Crippen LogP contribution < -0.4 is 10.9 Å². The van der Waals surface area contributed by atoms with Crippen molar-refractivity contribution in [2.45, 2.75) is 26.2 Å². The number of amides is 2. The van der Waals surface area contributed by atoms with Crippen LogP contribution in [0.3, 0.4) is 0 Å². The van der Waals surface area contributed by atoms with Crippen LogP contribution in [0.15, 0.2) is 77.2 Å². The number of ether oxygens (including phenoxy) is 1. The fourth-order valence-electron chi connectivity index (χ4n) is 3.50. The van der Waals surface area contributed by atoms with Crippen molar-refractivity contribution in [2.24, 2.45) is 0 Å². The molecule has 4 rings (SSSR count). The number of carbonyl (C=O) groups is 3. The first-order valence-corrected chi connectivity index (χ1v) is 11.5. The highest BCUT2D eigenvalue weighted by Crippen LogP contribution is 2.27. The van der Waals surface area contributed by atoms with Gasteiger partial charge in [0.2, 0.25) is 11.8 Å². The summed E-state index contributed by atoms with van der Waals surface area (Å²) in [6, 6.07) is 20.5. The Morgan fingerprint density at radius 1 is 0.730 bits per heavy atom. The molecule has 0 atom stereocenters. The second-order valence-electron chi connectivity index (χ2n) is 9.30. The first-order chi connectivity index (χ1) is 17.7. The number of nitrogens with zero attached hydrogens (tertiary/aromatic N) is 2. The molecular formula is C28H26N4O5. The molecule has 9 heteroatoms. The summed E-state index contributed by atoms with van der Waals surface area (Å²) in [5.41, 5.74) is 8.12. The highest BCUT2D eigenvalue weighted by molar-refractivity contribution is 6.00. The molecule has 0 fully saturated rings. The van der Waals surface area contributed by atoms with Crippen molar-refractivity contribution in [2.75, 3.05) is 7.11 Å². The van der Waals surface area contributed by atoms with Gasteiger partial charge in [0.15, 0.2) is 0 Å². The molecule has 0 aliphatic carbocycles. The SMILES string of the molecule is COC(=O)c1cccc(C(=O)NNC(=O)c2ccc(-c3nnc(-c4ccc(C(C)(C)C)cc4)o3)cc2)c1. The average Bonchev–Trinajstić information content (AvgIpc) is 3.41. The van der Waals surface area contributed by atoms with E-state index in [4.69, 9.17) is 4.42 Å². The summed E-state index contributed by atoms with van der Waals surface area (Å²) in [7, 11) is 1.25. The fourth-order valence-corrected chi connectivity index (χ4v) is 3.50. The monoisotopic (exact) mass is 498 g/mol. The van der Waals surface area contributed by atoms with Gasteiger partial charge >= 0.3 is 5.97 Å². The molecule has 4 aromatic rings. The Hall–Kier alpha value is -4.79. The summed E-state index contributed by atoms with van der Waals surface area (Å²) in [6.07, 6.45) is 0. The molecular weight excluding hydrogens is 472 g/mol. The van der Waals surface area contributed by atoms with E-state index in [1.807, 2.05) is 24.3 Å². The van der Waals surface area contributed by atoms with Crippen molar-refractivity contribution >= 4 is 17.8 Å². The van der Waals surface area contributed by atoms with Crippen molar-refractivity contribution in [1.82, 2.24) is 21.0 Å². The van der Waals surface area contributed by atoms with E-state index >= 15 is 0 Å². The van der Waals surface area contributed by atoms with Crippen LogP contribution in [-0.2, 0) is 10.2 Å². The molecule has 0 unspecified atom stereocenters. The van der Waals surface area contributed by atoms with Gasteiger partial charge in [-0.25, -0.2) is 4.79 Å². The first kappa shape index (κ1) is 25.3. The Balaban J connectivity index is 1.38. The molecule has 0 saturated heterocycles. The van der Waals surface area contributed by atoms with Crippen molar-refractivity contribution in [3.05, 3.63) is 95.1 Å². The Labute approximate surface area is 213 Å². The van der Waals surface area contributed by atoms with Gasteiger partial charge in [-0.15, -0.1) is 10.2 Å². The fraction of sp³-hybridized carbons (Fsp3) is 0.179. The number of hydrazine groups is 1. The van der Waals surface area contributed by atoms with E-state index in [0.29, 0.717) is 22.9 Å². The molecule has 9 nitrogen and oxygen atoms in total. The second kappa shape index (κ2) is 10.4. The molecule has 0 radical (unpaired) electrons. The molecule has 1 aromatic heterocycles. The van der Waals surface area contributed by atoms with Crippen molar-refractivity contribution in [3.8, 4) is 22.9 Å². The summed E-state index contributed by atoms with van der Waals surface area (Å²) in [5.74, 6) is -0.943. The van der Waals surface area contributed by atoms with Crippen molar-refractivity contribution in [3.63, 3.8) is 0 Å². The maximum Gasteiger partial charge on any atom is 0.337 e. The van der Waals surface area contributed by atoms with Crippen LogP contribution in [0.1, 0.15) is 57.4 Å². The lowest BCUT2D eigenvalue weighted by molar-refractivity contribution is 0.0600. The maximum atomic E-state index is 12.5. The Kier molecular flexibility index (Phi) is 7.15. The topological polar surface area (TPSA) is 123 Å². The van der Waals surface area contributed by atoms with E-state index in [-0.39, 0.29) is 16.5 Å². The summed E-state index contributed by atoms with van der Waals surface area (Å²) >= 11 is 0. The molecule has 0 bridgehead atoms. The number of esters is 1. The second-order valence-corrected chi connectivity index (χ2v) is 9.30.